The maximum atomic E-state index is 5.49. The minimum absolute atomic E-state index is 0.594. The summed E-state index contributed by atoms with van der Waals surface area (Å²) in [5.74, 6) is 0.798. The number of nitrogens with zero attached hydrogens (tertiary/aromatic N) is 1. The van der Waals surface area contributed by atoms with E-state index < -0.39 is 0 Å². The van der Waals surface area contributed by atoms with E-state index in [1.54, 1.807) is 0 Å². The highest BCUT2D eigenvalue weighted by Crippen LogP contribution is 2.31. The molecule has 1 atom stereocenters. The number of anilines is 1. The van der Waals surface area contributed by atoms with E-state index in [2.05, 4.69) is 48.7 Å². The number of ether oxygens (including phenoxy) is 1. The number of rotatable bonds is 5. The van der Waals surface area contributed by atoms with Gasteiger partial charge in [0.2, 0.25) is 0 Å². The summed E-state index contributed by atoms with van der Waals surface area (Å²) < 4.78 is 5.49. The number of benzene rings is 1. The lowest BCUT2D eigenvalue weighted by molar-refractivity contribution is 0.155. The molecule has 0 spiro atoms. The molecular weight excluding hydrogens is 218 g/mol. The maximum absolute atomic E-state index is 5.49. The van der Waals surface area contributed by atoms with Crippen molar-refractivity contribution in [2.24, 2.45) is 0 Å². The number of para-hydroxylation sites is 1. The number of hydrogen-bond donors (Lipinski definition) is 1. The Kier molecular flexibility index (Phi) is 4.13. The van der Waals surface area contributed by atoms with Crippen LogP contribution in [0.5, 0.6) is 0 Å². The van der Waals surface area contributed by atoms with Gasteiger partial charge in [-0.05, 0) is 25.0 Å². The molecule has 16 heavy (non-hydrogen) atoms. The second kappa shape index (κ2) is 5.60. The Balaban J connectivity index is 1.94. The van der Waals surface area contributed by atoms with Crippen LogP contribution in [0.2, 0.25) is 0 Å². The van der Waals surface area contributed by atoms with Crippen LogP contribution in [0.1, 0.15) is 12.5 Å². The Bertz CT molecular complexity index is 342. The largest absolute Gasteiger partial charge is 0.379 e. The van der Waals surface area contributed by atoms with E-state index >= 15 is 0 Å². The van der Waals surface area contributed by atoms with Crippen molar-refractivity contribution in [3.8, 4) is 0 Å². The van der Waals surface area contributed by atoms with E-state index in [4.69, 9.17) is 4.74 Å². The average molecular weight is 237 g/mol. The van der Waals surface area contributed by atoms with Crippen molar-refractivity contribution in [2.75, 3.05) is 30.4 Å². The van der Waals surface area contributed by atoms with Crippen molar-refractivity contribution >= 4 is 18.3 Å². The van der Waals surface area contributed by atoms with Crippen LogP contribution in [0.25, 0.3) is 0 Å². The Morgan fingerprint density at radius 1 is 1.38 bits per heavy atom. The summed E-state index contributed by atoms with van der Waals surface area (Å²) in [4.78, 5) is 2.44. The molecule has 0 radical (unpaired) electrons. The fraction of sp³-hybridized carbons (Fsp3) is 0.538. The zero-order valence-electron chi connectivity index (χ0n) is 9.72. The highest BCUT2D eigenvalue weighted by molar-refractivity contribution is 7.80. The minimum atomic E-state index is 0.594. The molecule has 0 bridgehead atoms. The van der Waals surface area contributed by atoms with Gasteiger partial charge >= 0.3 is 0 Å². The number of fused-ring (bicyclic) bond motifs is 1. The van der Waals surface area contributed by atoms with Crippen molar-refractivity contribution in [2.45, 2.75) is 19.4 Å². The monoisotopic (exact) mass is 237 g/mol. The third-order valence-electron chi connectivity index (χ3n) is 3.06. The van der Waals surface area contributed by atoms with Gasteiger partial charge in [0.15, 0.2) is 0 Å². The molecule has 0 aliphatic carbocycles. The van der Waals surface area contributed by atoms with Crippen molar-refractivity contribution in [3.05, 3.63) is 29.8 Å². The standard InChI is InChI=1S/C13H19NOS/c1-11-10-12-4-2-3-5-13(12)14(11)6-7-15-8-9-16/h2-5,11,16H,6-10H2,1H3. The predicted molar refractivity (Wildman–Crippen MR) is 71.6 cm³/mol. The molecule has 2 nitrogen and oxygen atoms in total. The Morgan fingerprint density at radius 3 is 3.00 bits per heavy atom. The third kappa shape index (κ3) is 2.53. The first-order valence-corrected chi connectivity index (χ1v) is 6.49. The van der Waals surface area contributed by atoms with Gasteiger partial charge in [-0.25, -0.2) is 0 Å². The Morgan fingerprint density at radius 2 is 2.19 bits per heavy atom. The molecule has 0 N–H and O–H groups in total. The predicted octanol–water partition coefficient (Wildman–Crippen LogP) is 2.38. The first kappa shape index (κ1) is 11.8. The average Bonchev–Trinajstić information content (AvgIpc) is 2.61. The SMILES string of the molecule is CC1Cc2ccccc2N1CCOCCS. The van der Waals surface area contributed by atoms with E-state index in [0.29, 0.717) is 6.04 Å². The van der Waals surface area contributed by atoms with Gasteiger partial charge in [-0.3, -0.25) is 0 Å². The van der Waals surface area contributed by atoms with E-state index in [-0.39, 0.29) is 0 Å². The Labute approximate surface area is 103 Å². The van der Waals surface area contributed by atoms with E-state index in [1.165, 1.54) is 11.3 Å². The summed E-state index contributed by atoms with van der Waals surface area (Å²) >= 11 is 4.13. The van der Waals surface area contributed by atoms with Crippen molar-refractivity contribution in [1.82, 2.24) is 0 Å². The normalized spacial score (nSPS) is 18.9. The Hall–Kier alpha value is -0.670. The fourth-order valence-corrected chi connectivity index (χ4v) is 2.43. The molecule has 88 valence electrons. The summed E-state index contributed by atoms with van der Waals surface area (Å²) in [6.07, 6.45) is 1.16. The first-order chi connectivity index (χ1) is 7.83. The van der Waals surface area contributed by atoms with Gasteiger partial charge in [0.05, 0.1) is 13.2 Å². The lowest BCUT2D eigenvalue weighted by atomic mass is 10.1. The van der Waals surface area contributed by atoms with Crippen molar-refractivity contribution in [3.63, 3.8) is 0 Å². The first-order valence-electron chi connectivity index (χ1n) is 5.86. The zero-order valence-corrected chi connectivity index (χ0v) is 10.6. The van der Waals surface area contributed by atoms with Gasteiger partial charge in [0, 0.05) is 24.0 Å². The quantitative estimate of drug-likeness (QED) is 0.623. The second-order valence-corrected chi connectivity index (χ2v) is 4.66. The van der Waals surface area contributed by atoms with E-state index in [1.807, 2.05) is 0 Å². The highest BCUT2D eigenvalue weighted by atomic mass is 32.1. The molecule has 1 unspecified atom stereocenters. The molecule has 1 aromatic rings. The molecule has 2 rings (SSSR count). The molecule has 1 heterocycles. The topological polar surface area (TPSA) is 12.5 Å². The molecule has 3 heteroatoms. The highest BCUT2D eigenvalue weighted by Gasteiger charge is 2.24. The summed E-state index contributed by atoms with van der Waals surface area (Å²) in [5, 5.41) is 0. The van der Waals surface area contributed by atoms with Gasteiger partial charge in [-0.1, -0.05) is 18.2 Å². The molecule has 1 aromatic carbocycles. The third-order valence-corrected chi connectivity index (χ3v) is 3.24. The summed E-state index contributed by atoms with van der Waals surface area (Å²) in [6.45, 7) is 4.79. The number of hydrogen-bond acceptors (Lipinski definition) is 3. The van der Waals surface area contributed by atoms with Gasteiger partial charge in [-0.15, -0.1) is 0 Å². The lowest BCUT2D eigenvalue weighted by Crippen LogP contribution is -2.32. The molecule has 0 saturated carbocycles. The smallest absolute Gasteiger partial charge is 0.0642 e. The molecular formula is C13H19NOS. The van der Waals surface area contributed by atoms with Crippen LogP contribution < -0.4 is 4.90 Å². The van der Waals surface area contributed by atoms with E-state index in [9.17, 15) is 0 Å². The molecule has 0 amide bonds. The summed E-state index contributed by atoms with van der Waals surface area (Å²) in [7, 11) is 0. The van der Waals surface area contributed by atoms with Crippen LogP contribution >= 0.6 is 12.6 Å². The van der Waals surface area contributed by atoms with Crippen molar-refractivity contribution < 1.29 is 4.74 Å². The molecule has 0 fully saturated rings. The molecule has 1 aliphatic rings. The lowest BCUT2D eigenvalue weighted by Gasteiger charge is -2.24. The molecule has 0 aromatic heterocycles. The van der Waals surface area contributed by atoms with Crippen LogP contribution in [-0.4, -0.2) is 31.6 Å². The van der Waals surface area contributed by atoms with E-state index in [0.717, 1.165) is 31.9 Å². The second-order valence-electron chi connectivity index (χ2n) is 4.21. The minimum Gasteiger partial charge on any atom is -0.379 e. The fourth-order valence-electron chi connectivity index (χ4n) is 2.30. The van der Waals surface area contributed by atoms with Gasteiger partial charge in [0.25, 0.3) is 0 Å². The van der Waals surface area contributed by atoms with Crippen LogP contribution in [0.3, 0.4) is 0 Å². The van der Waals surface area contributed by atoms with Gasteiger partial charge in [-0.2, -0.15) is 12.6 Å². The van der Waals surface area contributed by atoms with Crippen LogP contribution in [-0.2, 0) is 11.2 Å². The molecule has 1 aliphatic heterocycles. The van der Waals surface area contributed by atoms with Crippen LogP contribution in [0.15, 0.2) is 24.3 Å². The molecule has 0 saturated heterocycles. The van der Waals surface area contributed by atoms with Gasteiger partial charge in [0.1, 0.15) is 0 Å². The van der Waals surface area contributed by atoms with Gasteiger partial charge < -0.3 is 9.64 Å². The van der Waals surface area contributed by atoms with Crippen LogP contribution in [0.4, 0.5) is 5.69 Å². The van der Waals surface area contributed by atoms with Crippen LogP contribution in [0, 0.1) is 0 Å². The van der Waals surface area contributed by atoms with Crippen molar-refractivity contribution in [1.29, 1.82) is 0 Å². The summed E-state index contributed by atoms with van der Waals surface area (Å²) in [6, 6.07) is 9.25. The number of thiol groups is 1. The zero-order chi connectivity index (χ0) is 11.4. The maximum Gasteiger partial charge on any atom is 0.0642 e. The summed E-state index contributed by atoms with van der Waals surface area (Å²) in [5.41, 5.74) is 2.84.